The van der Waals surface area contributed by atoms with E-state index in [1.165, 1.54) is 25.5 Å². The number of ether oxygens (including phenoxy) is 1. The van der Waals surface area contributed by atoms with Crippen molar-refractivity contribution in [2.45, 2.75) is 32.6 Å². The van der Waals surface area contributed by atoms with E-state index in [4.69, 9.17) is 0 Å². The Labute approximate surface area is 103 Å². The molecule has 17 heavy (non-hydrogen) atoms. The van der Waals surface area contributed by atoms with Crippen molar-refractivity contribution < 1.29 is 9.53 Å². The summed E-state index contributed by atoms with van der Waals surface area (Å²) in [5.41, 5.74) is 2.49. The Kier molecular flexibility index (Phi) is 6.08. The number of carbonyl (C=O) groups is 1. The summed E-state index contributed by atoms with van der Waals surface area (Å²) < 4.78 is 4.56. The van der Waals surface area contributed by atoms with Gasteiger partial charge in [-0.15, -0.1) is 0 Å². The SMILES string of the molecule is CCCCc1ccc(C=CCC(=O)OC)cc1. The molecule has 0 N–H and O–H groups in total. The van der Waals surface area contributed by atoms with Crippen LogP contribution in [0.15, 0.2) is 30.3 Å². The molecule has 2 nitrogen and oxygen atoms in total. The van der Waals surface area contributed by atoms with Crippen LogP contribution in [0.2, 0.25) is 0 Å². The van der Waals surface area contributed by atoms with Crippen LogP contribution >= 0.6 is 0 Å². The third-order valence-electron chi connectivity index (χ3n) is 2.62. The number of aryl methyl sites for hydroxylation is 1. The van der Waals surface area contributed by atoms with Crippen molar-refractivity contribution in [3.8, 4) is 0 Å². The van der Waals surface area contributed by atoms with E-state index in [9.17, 15) is 4.79 Å². The largest absolute Gasteiger partial charge is 0.469 e. The second-order valence-corrected chi connectivity index (χ2v) is 4.03. The molecular weight excluding hydrogens is 212 g/mol. The van der Waals surface area contributed by atoms with E-state index in [2.05, 4.69) is 35.9 Å². The fraction of sp³-hybridized carbons (Fsp3) is 0.400. The molecule has 0 aliphatic rings. The van der Waals surface area contributed by atoms with Gasteiger partial charge in [0, 0.05) is 0 Å². The van der Waals surface area contributed by atoms with E-state index in [1.54, 1.807) is 0 Å². The van der Waals surface area contributed by atoms with Crippen LogP contribution in [0.25, 0.3) is 6.08 Å². The minimum absolute atomic E-state index is 0.208. The average molecular weight is 232 g/mol. The molecule has 0 amide bonds. The highest BCUT2D eigenvalue weighted by Crippen LogP contribution is 2.09. The topological polar surface area (TPSA) is 26.3 Å². The third kappa shape index (κ3) is 5.34. The highest BCUT2D eigenvalue weighted by Gasteiger charge is 1.95. The lowest BCUT2D eigenvalue weighted by molar-refractivity contribution is -0.139. The number of hydrogen-bond donors (Lipinski definition) is 0. The predicted molar refractivity (Wildman–Crippen MR) is 70.7 cm³/mol. The highest BCUT2D eigenvalue weighted by molar-refractivity contribution is 5.72. The van der Waals surface area contributed by atoms with E-state index in [1.807, 2.05) is 12.2 Å². The van der Waals surface area contributed by atoms with Crippen LogP contribution in [0.3, 0.4) is 0 Å². The first-order valence-electron chi connectivity index (χ1n) is 6.08. The molecule has 2 heteroatoms. The number of benzene rings is 1. The van der Waals surface area contributed by atoms with E-state index >= 15 is 0 Å². The molecular formula is C15H20O2. The lowest BCUT2D eigenvalue weighted by atomic mass is 10.1. The molecule has 92 valence electrons. The smallest absolute Gasteiger partial charge is 0.309 e. The van der Waals surface area contributed by atoms with Crippen molar-refractivity contribution in [1.82, 2.24) is 0 Å². The lowest BCUT2D eigenvalue weighted by Crippen LogP contribution is -1.96. The van der Waals surface area contributed by atoms with Crippen LogP contribution in [-0.4, -0.2) is 13.1 Å². The molecule has 0 heterocycles. The molecule has 0 bridgehead atoms. The Morgan fingerprint density at radius 3 is 2.59 bits per heavy atom. The van der Waals surface area contributed by atoms with Crippen LogP contribution in [0, 0.1) is 0 Å². The van der Waals surface area contributed by atoms with Gasteiger partial charge >= 0.3 is 5.97 Å². The average Bonchev–Trinajstić information content (AvgIpc) is 2.37. The summed E-state index contributed by atoms with van der Waals surface area (Å²) >= 11 is 0. The van der Waals surface area contributed by atoms with Gasteiger partial charge in [-0.05, 0) is 24.0 Å². The second kappa shape index (κ2) is 7.66. The van der Waals surface area contributed by atoms with Gasteiger partial charge in [-0.3, -0.25) is 4.79 Å². The molecule has 0 aliphatic carbocycles. The predicted octanol–water partition coefficient (Wildman–Crippen LogP) is 3.61. The van der Waals surface area contributed by atoms with E-state index < -0.39 is 0 Å². The molecule has 0 fully saturated rings. The Balaban J connectivity index is 2.47. The van der Waals surface area contributed by atoms with E-state index in [0.29, 0.717) is 6.42 Å². The summed E-state index contributed by atoms with van der Waals surface area (Å²) in [5.74, 6) is -0.208. The van der Waals surface area contributed by atoms with Crippen LogP contribution in [-0.2, 0) is 16.0 Å². The highest BCUT2D eigenvalue weighted by atomic mass is 16.5. The zero-order valence-electron chi connectivity index (χ0n) is 10.6. The summed E-state index contributed by atoms with van der Waals surface area (Å²) in [4.78, 5) is 10.9. The maximum atomic E-state index is 10.9. The van der Waals surface area contributed by atoms with Crippen molar-refractivity contribution in [3.05, 3.63) is 41.5 Å². The van der Waals surface area contributed by atoms with Crippen molar-refractivity contribution in [2.24, 2.45) is 0 Å². The van der Waals surface area contributed by atoms with Gasteiger partial charge in [-0.25, -0.2) is 0 Å². The summed E-state index contributed by atoms with van der Waals surface area (Å²) in [5, 5.41) is 0. The molecule has 0 saturated carbocycles. The number of rotatable bonds is 6. The van der Waals surface area contributed by atoms with Crippen molar-refractivity contribution in [2.75, 3.05) is 7.11 Å². The van der Waals surface area contributed by atoms with Crippen molar-refractivity contribution in [1.29, 1.82) is 0 Å². The second-order valence-electron chi connectivity index (χ2n) is 4.03. The van der Waals surface area contributed by atoms with Gasteiger partial charge in [0.2, 0.25) is 0 Å². The van der Waals surface area contributed by atoms with Gasteiger partial charge < -0.3 is 4.74 Å². The number of hydrogen-bond acceptors (Lipinski definition) is 2. The Bertz CT molecular complexity index is 363. The van der Waals surface area contributed by atoms with Gasteiger partial charge in [0.25, 0.3) is 0 Å². The quantitative estimate of drug-likeness (QED) is 0.700. The van der Waals surface area contributed by atoms with Gasteiger partial charge in [-0.1, -0.05) is 49.8 Å². The molecule has 0 atom stereocenters. The summed E-state index contributed by atoms with van der Waals surface area (Å²) in [6.45, 7) is 2.20. The number of unbranched alkanes of at least 4 members (excludes halogenated alkanes) is 1. The summed E-state index contributed by atoms with van der Waals surface area (Å²) in [6, 6.07) is 8.46. The fourth-order valence-corrected chi connectivity index (χ4v) is 1.55. The molecule has 0 aliphatic heterocycles. The maximum absolute atomic E-state index is 10.9. The number of esters is 1. The molecule has 1 aromatic carbocycles. The number of methoxy groups -OCH3 is 1. The molecule has 1 rings (SSSR count). The van der Waals surface area contributed by atoms with Gasteiger partial charge in [0.1, 0.15) is 0 Å². The standard InChI is InChI=1S/C15H20O2/c1-3-4-6-13-9-11-14(12-10-13)7-5-8-15(16)17-2/h5,7,9-12H,3-4,6,8H2,1-2H3. The monoisotopic (exact) mass is 232 g/mol. The van der Waals surface area contributed by atoms with E-state index in [0.717, 1.165) is 12.0 Å². The zero-order valence-corrected chi connectivity index (χ0v) is 10.6. The first-order chi connectivity index (χ1) is 8.26. The minimum atomic E-state index is -0.208. The van der Waals surface area contributed by atoms with Crippen LogP contribution in [0.1, 0.15) is 37.3 Å². The number of carbonyl (C=O) groups excluding carboxylic acids is 1. The third-order valence-corrected chi connectivity index (χ3v) is 2.62. The molecule has 0 saturated heterocycles. The van der Waals surface area contributed by atoms with Gasteiger partial charge in [0.05, 0.1) is 13.5 Å². The van der Waals surface area contributed by atoms with Crippen LogP contribution in [0.4, 0.5) is 0 Å². The van der Waals surface area contributed by atoms with E-state index in [-0.39, 0.29) is 5.97 Å². The lowest BCUT2D eigenvalue weighted by Gasteiger charge is -2.00. The van der Waals surface area contributed by atoms with Crippen molar-refractivity contribution in [3.63, 3.8) is 0 Å². The van der Waals surface area contributed by atoms with Gasteiger partial charge in [-0.2, -0.15) is 0 Å². The molecule has 0 spiro atoms. The van der Waals surface area contributed by atoms with Crippen LogP contribution in [0.5, 0.6) is 0 Å². The summed E-state index contributed by atoms with van der Waals surface area (Å²) in [7, 11) is 1.40. The molecule has 0 aromatic heterocycles. The molecule has 0 unspecified atom stereocenters. The maximum Gasteiger partial charge on any atom is 0.309 e. The fourth-order valence-electron chi connectivity index (χ4n) is 1.55. The molecule has 0 radical (unpaired) electrons. The summed E-state index contributed by atoms with van der Waals surface area (Å²) in [6.07, 6.45) is 7.70. The Morgan fingerprint density at radius 1 is 1.29 bits per heavy atom. The first-order valence-corrected chi connectivity index (χ1v) is 6.08. The van der Waals surface area contributed by atoms with Crippen LogP contribution < -0.4 is 0 Å². The first kappa shape index (κ1) is 13.5. The zero-order chi connectivity index (χ0) is 12.5. The van der Waals surface area contributed by atoms with Crippen molar-refractivity contribution >= 4 is 12.0 Å². The van der Waals surface area contributed by atoms with Gasteiger partial charge in [0.15, 0.2) is 0 Å². The Hall–Kier alpha value is -1.57. The normalized spacial score (nSPS) is 10.7. The molecule has 1 aromatic rings. The Morgan fingerprint density at radius 2 is 2.00 bits per heavy atom. The minimum Gasteiger partial charge on any atom is -0.469 e.